The minimum Gasteiger partial charge on any atom is -0.497 e. The molecule has 0 bridgehead atoms. The summed E-state index contributed by atoms with van der Waals surface area (Å²) in [5.41, 5.74) is 2.12. The molecule has 0 aromatic heterocycles. The number of halogens is 2. The highest BCUT2D eigenvalue weighted by Gasteiger charge is 2.04. The first kappa shape index (κ1) is 15.2. The monoisotopic (exact) mass is 399 g/mol. The van der Waals surface area contributed by atoms with Gasteiger partial charge in [-0.3, -0.25) is 0 Å². The van der Waals surface area contributed by atoms with Crippen molar-refractivity contribution in [2.75, 3.05) is 19.5 Å². The lowest BCUT2D eigenvalue weighted by Crippen LogP contribution is -2.01. The Morgan fingerprint density at radius 2 is 1.60 bits per heavy atom. The Bertz CT molecular complexity index is 580. The summed E-state index contributed by atoms with van der Waals surface area (Å²) in [5.74, 6) is 1.57. The van der Waals surface area contributed by atoms with Gasteiger partial charge in [0.05, 0.1) is 14.2 Å². The Hall–Kier alpha value is -1.20. The van der Waals surface area contributed by atoms with E-state index in [4.69, 9.17) is 9.47 Å². The quantitative estimate of drug-likeness (QED) is 0.778. The van der Waals surface area contributed by atoms with Gasteiger partial charge < -0.3 is 14.8 Å². The minimum atomic E-state index is 0.683. The highest BCUT2D eigenvalue weighted by atomic mass is 79.9. The first-order valence-corrected chi connectivity index (χ1v) is 7.62. The summed E-state index contributed by atoms with van der Waals surface area (Å²) in [6, 6.07) is 11.9. The zero-order valence-corrected chi connectivity index (χ0v) is 14.4. The van der Waals surface area contributed by atoms with Crippen molar-refractivity contribution in [3.05, 3.63) is 50.9 Å². The molecule has 5 heteroatoms. The molecule has 2 aromatic rings. The minimum absolute atomic E-state index is 0.683. The molecule has 0 spiro atoms. The van der Waals surface area contributed by atoms with Crippen LogP contribution >= 0.6 is 31.9 Å². The topological polar surface area (TPSA) is 30.5 Å². The standard InChI is InChI=1S/C15H15Br2NO2/c1-19-12-5-10(6-13(8-12)20-2)9-18-15-7-11(16)3-4-14(15)17/h3-8,18H,9H2,1-2H3. The summed E-state index contributed by atoms with van der Waals surface area (Å²) >= 11 is 6.99. The van der Waals surface area contributed by atoms with Gasteiger partial charge in [0.2, 0.25) is 0 Å². The molecule has 0 unspecified atom stereocenters. The van der Waals surface area contributed by atoms with Gasteiger partial charge in [-0.1, -0.05) is 15.9 Å². The fourth-order valence-electron chi connectivity index (χ4n) is 1.80. The summed E-state index contributed by atoms with van der Waals surface area (Å²) in [4.78, 5) is 0. The third kappa shape index (κ3) is 3.90. The molecule has 106 valence electrons. The summed E-state index contributed by atoms with van der Waals surface area (Å²) < 4.78 is 12.6. The van der Waals surface area contributed by atoms with Gasteiger partial charge in [0.25, 0.3) is 0 Å². The second kappa shape index (κ2) is 6.99. The molecule has 0 radical (unpaired) electrons. The number of hydrogen-bond acceptors (Lipinski definition) is 3. The average Bonchev–Trinajstić information content (AvgIpc) is 2.47. The molecular formula is C15H15Br2NO2. The first-order chi connectivity index (χ1) is 9.62. The molecule has 0 saturated heterocycles. The van der Waals surface area contributed by atoms with Crippen LogP contribution in [0.3, 0.4) is 0 Å². The van der Waals surface area contributed by atoms with Gasteiger partial charge >= 0.3 is 0 Å². The van der Waals surface area contributed by atoms with Gasteiger partial charge in [0.1, 0.15) is 11.5 Å². The number of anilines is 1. The summed E-state index contributed by atoms with van der Waals surface area (Å²) in [5, 5.41) is 3.38. The van der Waals surface area contributed by atoms with E-state index in [-0.39, 0.29) is 0 Å². The summed E-state index contributed by atoms with van der Waals surface area (Å²) in [6.45, 7) is 0.683. The fourth-order valence-corrected chi connectivity index (χ4v) is 2.55. The second-order valence-electron chi connectivity index (χ2n) is 4.20. The van der Waals surface area contributed by atoms with Crippen LogP contribution in [0.1, 0.15) is 5.56 Å². The van der Waals surface area contributed by atoms with Crippen molar-refractivity contribution in [2.45, 2.75) is 6.54 Å². The van der Waals surface area contributed by atoms with E-state index in [0.29, 0.717) is 6.54 Å². The number of methoxy groups -OCH3 is 2. The van der Waals surface area contributed by atoms with Crippen LogP contribution in [-0.2, 0) is 6.54 Å². The molecule has 2 rings (SSSR count). The van der Waals surface area contributed by atoms with Gasteiger partial charge in [-0.05, 0) is 51.8 Å². The van der Waals surface area contributed by atoms with Crippen LogP contribution in [-0.4, -0.2) is 14.2 Å². The molecule has 0 aliphatic heterocycles. The zero-order chi connectivity index (χ0) is 14.5. The molecule has 3 nitrogen and oxygen atoms in total. The predicted octanol–water partition coefficient (Wildman–Crippen LogP) is 4.84. The molecule has 2 aromatic carbocycles. The molecule has 0 fully saturated rings. The van der Waals surface area contributed by atoms with Crippen molar-refractivity contribution in [2.24, 2.45) is 0 Å². The molecule has 0 aliphatic rings. The van der Waals surface area contributed by atoms with Crippen molar-refractivity contribution >= 4 is 37.5 Å². The second-order valence-corrected chi connectivity index (χ2v) is 5.97. The Morgan fingerprint density at radius 1 is 0.950 bits per heavy atom. The third-order valence-corrected chi connectivity index (χ3v) is 4.01. The van der Waals surface area contributed by atoms with E-state index >= 15 is 0 Å². The van der Waals surface area contributed by atoms with Crippen molar-refractivity contribution in [3.63, 3.8) is 0 Å². The van der Waals surface area contributed by atoms with Crippen LogP contribution in [0.2, 0.25) is 0 Å². The van der Waals surface area contributed by atoms with Gasteiger partial charge in [0, 0.05) is 27.2 Å². The Kier molecular flexibility index (Phi) is 5.31. The highest BCUT2D eigenvalue weighted by molar-refractivity contribution is 9.11. The largest absolute Gasteiger partial charge is 0.497 e. The van der Waals surface area contributed by atoms with Crippen LogP contribution in [0, 0.1) is 0 Å². The smallest absolute Gasteiger partial charge is 0.122 e. The lowest BCUT2D eigenvalue weighted by Gasteiger charge is -2.11. The van der Waals surface area contributed by atoms with Crippen molar-refractivity contribution in [1.29, 1.82) is 0 Å². The molecule has 1 N–H and O–H groups in total. The van der Waals surface area contributed by atoms with Gasteiger partial charge in [-0.25, -0.2) is 0 Å². The molecule has 0 amide bonds. The third-order valence-electron chi connectivity index (χ3n) is 2.82. The van der Waals surface area contributed by atoms with Gasteiger partial charge in [0.15, 0.2) is 0 Å². The Balaban J connectivity index is 2.16. The maximum Gasteiger partial charge on any atom is 0.122 e. The van der Waals surface area contributed by atoms with Crippen LogP contribution in [0.5, 0.6) is 11.5 Å². The fraction of sp³-hybridized carbons (Fsp3) is 0.200. The van der Waals surface area contributed by atoms with E-state index in [1.807, 2.05) is 36.4 Å². The summed E-state index contributed by atoms with van der Waals surface area (Å²) in [6.07, 6.45) is 0. The maximum absolute atomic E-state index is 5.27. The van der Waals surface area contributed by atoms with E-state index in [0.717, 1.165) is 31.7 Å². The number of nitrogens with one attached hydrogen (secondary N) is 1. The van der Waals surface area contributed by atoms with Crippen molar-refractivity contribution in [1.82, 2.24) is 0 Å². The lowest BCUT2D eigenvalue weighted by molar-refractivity contribution is 0.393. The average molecular weight is 401 g/mol. The predicted molar refractivity (Wildman–Crippen MR) is 88.7 cm³/mol. The van der Waals surface area contributed by atoms with Crippen molar-refractivity contribution in [3.8, 4) is 11.5 Å². The molecule has 0 atom stereocenters. The first-order valence-electron chi connectivity index (χ1n) is 6.03. The number of ether oxygens (including phenoxy) is 2. The van der Waals surface area contributed by atoms with Crippen LogP contribution in [0.25, 0.3) is 0 Å². The van der Waals surface area contributed by atoms with Crippen LogP contribution in [0.15, 0.2) is 45.3 Å². The van der Waals surface area contributed by atoms with Crippen LogP contribution < -0.4 is 14.8 Å². The molecule has 20 heavy (non-hydrogen) atoms. The Morgan fingerprint density at radius 3 is 2.20 bits per heavy atom. The van der Waals surface area contributed by atoms with E-state index < -0.39 is 0 Å². The van der Waals surface area contributed by atoms with E-state index in [2.05, 4.69) is 37.2 Å². The van der Waals surface area contributed by atoms with E-state index in [1.54, 1.807) is 14.2 Å². The normalized spacial score (nSPS) is 10.2. The van der Waals surface area contributed by atoms with Crippen molar-refractivity contribution < 1.29 is 9.47 Å². The SMILES string of the molecule is COc1cc(CNc2cc(Br)ccc2Br)cc(OC)c1. The molecule has 0 heterocycles. The lowest BCUT2D eigenvalue weighted by atomic mass is 10.2. The zero-order valence-electron chi connectivity index (χ0n) is 11.2. The van der Waals surface area contributed by atoms with E-state index in [9.17, 15) is 0 Å². The number of benzene rings is 2. The maximum atomic E-state index is 5.27. The van der Waals surface area contributed by atoms with Crippen LogP contribution in [0.4, 0.5) is 5.69 Å². The van der Waals surface area contributed by atoms with E-state index in [1.165, 1.54) is 0 Å². The molecule has 0 aliphatic carbocycles. The highest BCUT2D eigenvalue weighted by Crippen LogP contribution is 2.28. The number of rotatable bonds is 5. The Labute approximate surface area is 135 Å². The van der Waals surface area contributed by atoms with Gasteiger partial charge in [-0.2, -0.15) is 0 Å². The van der Waals surface area contributed by atoms with Gasteiger partial charge in [-0.15, -0.1) is 0 Å². The molecular weight excluding hydrogens is 386 g/mol. The molecule has 0 saturated carbocycles. The number of hydrogen-bond donors (Lipinski definition) is 1. The summed E-state index contributed by atoms with van der Waals surface area (Å²) in [7, 11) is 3.30.